The van der Waals surface area contributed by atoms with E-state index in [1.807, 2.05) is 81.0 Å². The number of alkyl halides is 3. The molecule has 0 fully saturated rings. The number of hydrogen-bond acceptors (Lipinski definition) is 6. The van der Waals surface area contributed by atoms with Crippen LogP contribution in [-0.4, -0.2) is 44.7 Å². The molecule has 0 radical (unpaired) electrons. The van der Waals surface area contributed by atoms with Crippen LogP contribution in [0.1, 0.15) is 36.2 Å². The molecule has 7 nitrogen and oxygen atoms in total. The summed E-state index contributed by atoms with van der Waals surface area (Å²) in [6, 6.07) is 30.2. The summed E-state index contributed by atoms with van der Waals surface area (Å²) in [5, 5.41) is 3.18. The normalized spacial score (nSPS) is 12.6. The fourth-order valence-corrected chi connectivity index (χ4v) is 5.09. The molecule has 0 aliphatic heterocycles. The van der Waals surface area contributed by atoms with Gasteiger partial charge in [0.05, 0.1) is 12.0 Å². The highest BCUT2D eigenvalue weighted by molar-refractivity contribution is 6.67. The van der Waals surface area contributed by atoms with Gasteiger partial charge in [0.1, 0.15) is 18.2 Å². The fraction of sp³-hybridized carbons (Fsp3) is 0.281. The molecular formula is C32H32Cl3N3O4. The number of carbonyl (C=O) groups excluding carboxylic acids is 2. The first-order valence-corrected chi connectivity index (χ1v) is 14.6. The van der Waals surface area contributed by atoms with Crippen molar-refractivity contribution in [2.45, 2.75) is 35.6 Å². The number of aromatic nitrogens is 2. The third-order valence-corrected chi connectivity index (χ3v) is 7.13. The number of carbonyl (C=O) groups is 2. The minimum absolute atomic E-state index is 0.169. The number of nitrogens with one attached hydrogen (secondary N) is 1. The molecule has 0 spiro atoms. The topological polar surface area (TPSA) is 82.5 Å². The molecule has 0 aliphatic carbocycles. The van der Waals surface area contributed by atoms with Gasteiger partial charge >= 0.3 is 12.1 Å². The fourth-order valence-electron chi connectivity index (χ4n) is 4.92. The highest BCUT2D eigenvalue weighted by Crippen LogP contribution is 2.40. The number of esters is 1. The summed E-state index contributed by atoms with van der Waals surface area (Å²) in [6.45, 7) is 3.55. The van der Waals surface area contributed by atoms with Gasteiger partial charge in [-0.3, -0.25) is 0 Å². The smallest absolute Gasteiger partial charge is 0.429 e. The first-order chi connectivity index (χ1) is 20.1. The molecule has 0 bridgehead atoms. The summed E-state index contributed by atoms with van der Waals surface area (Å²) in [4.78, 5) is 29.3. The molecule has 1 N–H and O–H groups in total. The molecule has 0 saturated heterocycles. The van der Waals surface area contributed by atoms with Gasteiger partial charge in [0, 0.05) is 19.2 Å². The van der Waals surface area contributed by atoms with Crippen LogP contribution in [0.5, 0.6) is 0 Å². The molecule has 220 valence electrons. The van der Waals surface area contributed by atoms with E-state index in [0.717, 1.165) is 22.4 Å². The zero-order valence-electron chi connectivity index (χ0n) is 23.3. The molecule has 1 unspecified atom stereocenters. The van der Waals surface area contributed by atoms with Gasteiger partial charge in [-0.15, -0.1) is 0 Å². The third-order valence-electron chi connectivity index (χ3n) is 6.80. The predicted octanol–water partition coefficient (Wildman–Crippen LogP) is 6.93. The molecule has 10 heteroatoms. The number of benzene rings is 3. The molecule has 0 saturated carbocycles. The molecule has 4 aromatic rings. The Hall–Kier alpha value is -3.36. The van der Waals surface area contributed by atoms with Crippen molar-refractivity contribution in [3.63, 3.8) is 0 Å². The molecule has 0 aliphatic rings. The number of hydrogen-bond donors (Lipinski definition) is 1. The van der Waals surface area contributed by atoms with E-state index >= 15 is 0 Å². The van der Waals surface area contributed by atoms with Crippen LogP contribution >= 0.6 is 34.8 Å². The Balaban J connectivity index is 1.55. The maximum atomic E-state index is 12.7. The van der Waals surface area contributed by atoms with Crippen molar-refractivity contribution in [1.82, 2.24) is 14.9 Å². The van der Waals surface area contributed by atoms with Gasteiger partial charge in [-0.2, -0.15) is 0 Å². The van der Waals surface area contributed by atoms with E-state index in [9.17, 15) is 9.59 Å². The Morgan fingerprint density at radius 1 is 0.857 bits per heavy atom. The summed E-state index contributed by atoms with van der Waals surface area (Å²) in [6.07, 6.45) is 3.18. The van der Waals surface area contributed by atoms with Crippen molar-refractivity contribution in [2.75, 3.05) is 13.2 Å². The highest BCUT2D eigenvalue weighted by Gasteiger charge is 2.38. The van der Waals surface area contributed by atoms with Gasteiger partial charge in [-0.25, -0.2) is 14.6 Å². The van der Waals surface area contributed by atoms with Crippen LogP contribution in [0.15, 0.2) is 104 Å². The van der Waals surface area contributed by atoms with Gasteiger partial charge in [0.15, 0.2) is 0 Å². The van der Waals surface area contributed by atoms with E-state index < -0.39 is 34.1 Å². The Morgan fingerprint density at radius 3 is 1.81 bits per heavy atom. The second-order valence-corrected chi connectivity index (χ2v) is 12.6. The highest BCUT2D eigenvalue weighted by atomic mass is 35.6. The summed E-state index contributed by atoms with van der Waals surface area (Å²) in [7, 11) is 0. The number of halogens is 3. The van der Waals surface area contributed by atoms with Gasteiger partial charge in [0.25, 0.3) is 0 Å². The second kappa shape index (κ2) is 14.2. The van der Waals surface area contributed by atoms with Crippen LogP contribution in [0, 0.1) is 5.92 Å². The summed E-state index contributed by atoms with van der Waals surface area (Å²) in [5.74, 6) is -0.945. The van der Waals surface area contributed by atoms with Crippen molar-refractivity contribution in [3.8, 4) is 0 Å². The summed E-state index contributed by atoms with van der Waals surface area (Å²) < 4.78 is 9.85. The number of ether oxygens (including phenoxy) is 2. The molecule has 4 rings (SSSR count). The zero-order chi connectivity index (χ0) is 30.2. The number of rotatable bonds is 11. The lowest BCUT2D eigenvalue weighted by atomic mass is 9.77. The van der Waals surface area contributed by atoms with Crippen LogP contribution in [-0.2, 0) is 26.2 Å². The van der Waals surface area contributed by atoms with E-state index in [0.29, 0.717) is 13.0 Å². The molecule has 1 aromatic heterocycles. The lowest BCUT2D eigenvalue weighted by molar-refractivity contribution is -0.143. The molecule has 1 atom stereocenters. The van der Waals surface area contributed by atoms with Crippen LogP contribution in [0.25, 0.3) is 0 Å². The van der Waals surface area contributed by atoms with Crippen LogP contribution in [0.2, 0.25) is 0 Å². The van der Waals surface area contributed by atoms with E-state index in [1.54, 1.807) is 0 Å². The average Bonchev–Trinajstić information content (AvgIpc) is 3.45. The molecule has 0 amide bonds. The SMILES string of the molecule is CC(C)C(NCCc1cn(C(c2ccccc2)(c2ccccc2)c2ccccc2)cn1)C(=O)OC(=O)OCC(Cl)(Cl)Cl. The van der Waals surface area contributed by atoms with E-state index in [1.165, 1.54) is 0 Å². The van der Waals surface area contributed by atoms with Crippen molar-refractivity contribution in [1.29, 1.82) is 0 Å². The van der Waals surface area contributed by atoms with Crippen LogP contribution in [0.3, 0.4) is 0 Å². The second-order valence-electron chi connectivity index (χ2n) is 10.1. The zero-order valence-corrected chi connectivity index (χ0v) is 25.5. The number of imidazole rings is 1. The molecule has 1 heterocycles. The van der Waals surface area contributed by atoms with Gasteiger partial charge in [0.2, 0.25) is 3.79 Å². The lowest BCUT2D eigenvalue weighted by Gasteiger charge is -2.37. The quantitative estimate of drug-likeness (QED) is 0.0840. The van der Waals surface area contributed by atoms with Gasteiger partial charge in [-0.05, 0) is 22.6 Å². The van der Waals surface area contributed by atoms with Gasteiger partial charge < -0.3 is 19.4 Å². The monoisotopic (exact) mass is 627 g/mol. The predicted molar refractivity (Wildman–Crippen MR) is 165 cm³/mol. The van der Waals surface area contributed by atoms with E-state index in [2.05, 4.69) is 46.3 Å². The van der Waals surface area contributed by atoms with Crippen molar-refractivity contribution < 1.29 is 19.1 Å². The van der Waals surface area contributed by atoms with Crippen molar-refractivity contribution >= 4 is 46.9 Å². The maximum absolute atomic E-state index is 12.7. The van der Waals surface area contributed by atoms with Crippen molar-refractivity contribution in [2.24, 2.45) is 5.92 Å². The number of nitrogens with zero attached hydrogens (tertiary/aromatic N) is 2. The Kier molecular flexibility index (Phi) is 10.7. The molecule has 42 heavy (non-hydrogen) atoms. The van der Waals surface area contributed by atoms with E-state index in [-0.39, 0.29) is 5.92 Å². The van der Waals surface area contributed by atoms with Crippen molar-refractivity contribution in [3.05, 3.63) is 126 Å². The molecular weight excluding hydrogens is 597 g/mol. The molecule has 3 aromatic carbocycles. The Morgan fingerprint density at radius 2 is 1.36 bits per heavy atom. The first-order valence-electron chi connectivity index (χ1n) is 13.5. The maximum Gasteiger partial charge on any atom is 0.516 e. The Labute approximate surface area is 260 Å². The standard InChI is InChI=1S/C32H32Cl3N3O4/c1-23(2)28(29(39)42-30(40)41-21-31(33,34)35)36-19-18-27-20-38(22-37-27)32(24-12-6-3-7-13-24,25-14-8-4-9-15-25)26-16-10-5-11-17-26/h3-17,20,22-23,28,36H,18-19,21H2,1-2H3. The Bertz CT molecular complexity index is 1350. The van der Waals surface area contributed by atoms with E-state index in [4.69, 9.17) is 49.3 Å². The average molecular weight is 629 g/mol. The van der Waals surface area contributed by atoms with Crippen LogP contribution < -0.4 is 5.32 Å². The van der Waals surface area contributed by atoms with Gasteiger partial charge in [-0.1, -0.05) is 140 Å². The first kappa shape index (κ1) is 31.6. The summed E-state index contributed by atoms with van der Waals surface area (Å²) in [5.41, 5.74) is 3.43. The minimum atomic E-state index is -1.81. The largest absolute Gasteiger partial charge is 0.516 e. The minimum Gasteiger partial charge on any atom is -0.429 e. The third kappa shape index (κ3) is 7.72. The summed E-state index contributed by atoms with van der Waals surface area (Å²) >= 11 is 16.7. The lowest BCUT2D eigenvalue weighted by Crippen LogP contribution is -2.44. The van der Waals surface area contributed by atoms with Crippen LogP contribution in [0.4, 0.5) is 4.79 Å².